The third-order valence-electron chi connectivity index (χ3n) is 3.15. The van der Waals surface area contributed by atoms with Gasteiger partial charge in [0.2, 0.25) is 0 Å². The molecule has 0 atom stereocenters. The van der Waals surface area contributed by atoms with E-state index in [0.717, 1.165) is 18.3 Å². The summed E-state index contributed by atoms with van der Waals surface area (Å²) < 4.78 is 0.338. The molecular weight excluding hydrogens is 192 g/mol. The van der Waals surface area contributed by atoms with Crippen LogP contribution in [0, 0.1) is 5.41 Å². The SMILES string of the molecule is CCCCN1CC(CC)(CC)SC1=N. The van der Waals surface area contributed by atoms with Crippen molar-refractivity contribution < 1.29 is 0 Å². The summed E-state index contributed by atoms with van der Waals surface area (Å²) in [6.45, 7) is 8.85. The van der Waals surface area contributed by atoms with Crippen molar-refractivity contribution in [1.29, 1.82) is 5.41 Å². The number of unbranched alkanes of at least 4 members (excludes halogenated alkanes) is 1. The molecule has 3 heteroatoms. The fourth-order valence-electron chi connectivity index (χ4n) is 1.87. The maximum atomic E-state index is 7.94. The van der Waals surface area contributed by atoms with Gasteiger partial charge in [-0.2, -0.15) is 0 Å². The first kappa shape index (κ1) is 11.9. The van der Waals surface area contributed by atoms with Crippen LogP contribution in [0.5, 0.6) is 0 Å². The molecule has 1 N–H and O–H groups in total. The molecule has 0 saturated carbocycles. The van der Waals surface area contributed by atoms with E-state index in [0.29, 0.717) is 4.75 Å². The van der Waals surface area contributed by atoms with Gasteiger partial charge in [0, 0.05) is 17.8 Å². The Balaban J connectivity index is 2.53. The Bertz CT molecular complexity index is 199. The van der Waals surface area contributed by atoms with Gasteiger partial charge in [-0.1, -0.05) is 39.0 Å². The van der Waals surface area contributed by atoms with Crippen molar-refractivity contribution in [1.82, 2.24) is 4.90 Å². The van der Waals surface area contributed by atoms with Crippen molar-refractivity contribution in [2.45, 2.75) is 51.2 Å². The Hall–Kier alpha value is -0.180. The molecule has 1 heterocycles. The summed E-state index contributed by atoms with van der Waals surface area (Å²) in [6.07, 6.45) is 4.80. The van der Waals surface area contributed by atoms with Gasteiger partial charge in [-0.15, -0.1) is 0 Å². The van der Waals surface area contributed by atoms with Gasteiger partial charge < -0.3 is 4.90 Å². The highest BCUT2D eigenvalue weighted by Crippen LogP contribution is 2.40. The maximum absolute atomic E-state index is 7.94. The molecule has 1 aliphatic heterocycles. The maximum Gasteiger partial charge on any atom is 0.156 e. The fourth-order valence-corrected chi connectivity index (χ4v) is 3.07. The Morgan fingerprint density at radius 3 is 2.43 bits per heavy atom. The topological polar surface area (TPSA) is 27.1 Å². The lowest BCUT2D eigenvalue weighted by molar-refractivity contribution is 0.364. The predicted molar refractivity (Wildman–Crippen MR) is 65.1 cm³/mol. The molecule has 0 aromatic heterocycles. The van der Waals surface area contributed by atoms with Crippen molar-refractivity contribution in [2.75, 3.05) is 13.1 Å². The summed E-state index contributed by atoms with van der Waals surface area (Å²) in [6, 6.07) is 0. The normalized spacial score (nSPS) is 20.5. The van der Waals surface area contributed by atoms with E-state index in [1.165, 1.54) is 25.7 Å². The largest absolute Gasteiger partial charge is 0.350 e. The van der Waals surface area contributed by atoms with E-state index < -0.39 is 0 Å². The van der Waals surface area contributed by atoms with Crippen molar-refractivity contribution >= 4 is 16.9 Å². The zero-order valence-electron chi connectivity index (χ0n) is 9.60. The highest BCUT2D eigenvalue weighted by molar-refractivity contribution is 8.15. The fraction of sp³-hybridized carbons (Fsp3) is 0.909. The number of amidine groups is 1. The first-order chi connectivity index (χ1) is 6.67. The van der Waals surface area contributed by atoms with E-state index in [9.17, 15) is 0 Å². The minimum Gasteiger partial charge on any atom is -0.350 e. The van der Waals surface area contributed by atoms with Gasteiger partial charge in [0.1, 0.15) is 0 Å². The van der Waals surface area contributed by atoms with Gasteiger partial charge in [0.15, 0.2) is 5.17 Å². The quantitative estimate of drug-likeness (QED) is 0.760. The van der Waals surface area contributed by atoms with Crippen LogP contribution in [0.25, 0.3) is 0 Å². The molecule has 1 saturated heterocycles. The minimum absolute atomic E-state index is 0.338. The van der Waals surface area contributed by atoms with Crippen molar-refractivity contribution in [3.05, 3.63) is 0 Å². The monoisotopic (exact) mass is 214 g/mol. The summed E-state index contributed by atoms with van der Waals surface area (Å²) in [7, 11) is 0. The number of nitrogens with zero attached hydrogens (tertiary/aromatic N) is 1. The zero-order chi connectivity index (χ0) is 10.6. The van der Waals surface area contributed by atoms with Crippen LogP contribution >= 0.6 is 11.8 Å². The predicted octanol–water partition coefficient (Wildman–Crippen LogP) is 3.33. The van der Waals surface area contributed by atoms with Crippen LogP contribution in [0.15, 0.2) is 0 Å². The van der Waals surface area contributed by atoms with Crippen LogP contribution in [-0.2, 0) is 0 Å². The molecule has 0 aromatic carbocycles. The lowest BCUT2D eigenvalue weighted by Gasteiger charge is -2.24. The Morgan fingerprint density at radius 2 is 2.00 bits per heavy atom. The van der Waals surface area contributed by atoms with Gasteiger partial charge >= 0.3 is 0 Å². The van der Waals surface area contributed by atoms with Gasteiger partial charge in [0.25, 0.3) is 0 Å². The molecule has 2 nitrogen and oxygen atoms in total. The van der Waals surface area contributed by atoms with Crippen LogP contribution in [-0.4, -0.2) is 27.9 Å². The molecule has 0 spiro atoms. The molecule has 1 rings (SSSR count). The zero-order valence-corrected chi connectivity index (χ0v) is 10.4. The molecule has 0 unspecified atom stereocenters. The smallest absolute Gasteiger partial charge is 0.156 e. The summed E-state index contributed by atoms with van der Waals surface area (Å²) in [5.41, 5.74) is 0. The second-order valence-electron chi connectivity index (χ2n) is 4.07. The summed E-state index contributed by atoms with van der Waals surface area (Å²) in [5.74, 6) is 0. The summed E-state index contributed by atoms with van der Waals surface area (Å²) in [5, 5.41) is 8.73. The minimum atomic E-state index is 0.338. The summed E-state index contributed by atoms with van der Waals surface area (Å²) in [4.78, 5) is 2.25. The van der Waals surface area contributed by atoms with Crippen molar-refractivity contribution in [3.8, 4) is 0 Å². The van der Waals surface area contributed by atoms with Crippen molar-refractivity contribution in [3.63, 3.8) is 0 Å². The Labute approximate surface area is 92.0 Å². The molecule has 1 fully saturated rings. The van der Waals surface area contributed by atoms with Crippen LogP contribution in [0.2, 0.25) is 0 Å². The van der Waals surface area contributed by atoms with E-state index >= 15 is 0 Å². The molecule has 82 valence electrons. The molecular formula is C11H22N2S. The lowest BCUT2D eigenvalue weighted by atomic mass is 10.0. The van der Waals surface area contributed by atoms with Crippen LogP contribution < -0.4 is 0 Å². The van der Waals surface area contributed by atoms with E-state index in [2.05, 4.69) is 25.7 Å². The average molecular weight is 214 g/mol. The van der Waals surface area contributed by atoms with Gasteiger partial charge in [-0.3, -0.25) is 5.41 Å². The number of hydrogen-bond acceptors (Lipinski definition) is 2. The average Bonchev–Trinajstić information content (AvgIpc) is 2.53. The molecule has 14 heavy (non-hydrogen) atoms. The third kappa shape index (κ3) is 2.44. The first-order valence-electron chi connectivity index (χ1n) is 5.70. The van der Waals surface area contributed by atoms with Gasteiger partial charge in [-0.05, 0) is 19.3 Å². The number of thioether (sulfide) groups is 1. The number of hydrogen-bond donors (Lipinski definition) is 1. The van der Waals surface area contributed by atoms with E-state index in [-0.39, 0.29) is 0 Å². The second-order valence-corrected chi connectivity index (χ2v) is 5.53. The number of rotatable bonds is 5. The molecule has 0 aromatic rings. The van der Waals surface area contributed by atoms with Crippen molar-refractivity contribution in [2.24, 2.45) is 0 Å². The molecule has 0 aliphatic carbocycles. The highest BCUT2D eigenvalue weighted by atomic mass is 32.2. The van der Waals surface area contributed by atoms with Crippen LogP contribution in [0.3, 0.4) is 0 Å². The standard InChI is InChI=1S/C11H22N2S/c1-4-7-8-13-9-11(5-2,6-3)14-10(13)12/h12H,4-9H2,1-3H3. The lowest BCUT2D eigenvalue weighted by Crippen LogP contribution is -2.32. The number of nitrogens with one attached hydrogen (secondary N) is 1. The Kier molecular flexibility index (Phi) is 4.30. The molecule has 1 aliphatic rings. The Morgan fingerprint density at radius 1 is 1.36 bits per heavy atom. The van der Waals surface area contributed by atoms with E-state index in [1.807, 2.05) is 0 Å². The van der Waals surface area contributed by atoms with Crippen LogP contribution in [0.1, 0.15) is 46.5 Å². The van der Waals surface area contributed by atoms with E-state index in [4.69, 9.17) is 5.41 Å². The molecule has 0 amide bonds. The van der Waals surface area contributed by atoms with E-state index in [1.54, 1.807) is 11.8 Å². The first-order valence-corrected chi connectivity index (χ1v) is 6.51. The molecule has 0 radical (unpaired) electrons. The second kappa shape index (κ2) is 5.06. The van der Waals surface area contributed by atoms with Gasteiger partial charge in [-0.25, -0.2) is 0 Å². The third-order valence-corrected chi connectivity index (χ3v) is 4.74. The molecule has 0 bridgehead atoms. The summed E-state index contributed by atoms with van der Waals surface area (Å²) >= 11 is 1.78. The van der Waals surface area contributed by atoms with Crippen LogP contribution in [0.4, 0.5) is 0 Å². The highest BCUT2D eigenvalue weighted by Gasteiger charge is 2.38. The van der Waals surface area contributed by atoms with Gasteiger partial charge in [0.05, 0.1) is 0 Å².